The molecule has 1 rings (SSSR count). The van der Waals surface area contributed by atoms with Crippen molar-refractivity contribution in [1.82, 2.24) is 10.2 Å². The molecular weight excluding hydrogens is 164 g/mol. The van der Waals surface area contributed by atoms with E-state index in [0.717, 1.165) is 17.0 Å². The molecular formula is C10H14N2O. The first-order valence-electron chi connectivity index (χ1n) is 4.23. The third kappa shape index (κ3) is 2.56. The van der Waals surface area contributed by atoms with Crippen LogP contribution in [0.4, 0.5) is 0 Å². The summed E-state index contributed by atoms with van der Waals surface area (Å²) in [4.78, 5) is 0. The second-order valence-corrected chi connectivity index (χ2v) is 2.81. The van der Waals surface area contributed by atoms with Gasteiger partial charge in [0, 0.05) is 0 Å². The molecule has 3 nitrogen and oxygen atoms in total. The number of rotatable bonds is 3. The monoisotopic (exact) mass is 178 g/mol. The molecule has 0 atom stereocenters. The molecule has 0 saturated heterocycles. The normalized spacial score (nSPS) is 12.7. The van der Waals surface area contributed by atoms with E-state index in [2.05, 4.69) is 10.2 Å². The van der Waals surface area contributed by atoms with Gasteiger partial charge in [-0.3, -0.25) is 5.10 Å². The van der Waals surface area contributed by atoms with Gasteiger partial charge in [-0.2, -0.15) is 5.10 Å². The Morgan fingerprint density at radius 2 is 2.46 bits per heavy atom. The predicted molar refractivity (Wildman–Crippen MR) is 53.0 cm³/mol. The highest BCUT2D eigenvalue weighted by Crippen LogP contribution is 2.11. The minimum absolute atomic E-state index is 0.00387. The highest BCUT2D eigenvalue weighted by atomic mass is 16.3. The summed E-state index contributed by atoms with van der Waals surface area (Å²) in [7, 11) is 0. The number of nitrogens with one attached hydrogen (secondary N) is 1. The van der Waals surface area contributed by atoms with Gasteiger partial charge < -0.3 is 5.11 Å². The third-order valence-electron chi connectivity index (χ3n) is 1.74. The van der Waals surface area contributed by atoms with Crippen molar-refractivity contribution >= 4 is 5.57 Å². The number of aromatic nitrogens is 2. The molecule has 70 valence electrons. The summed E-state index contributed by atoms with van der Waals surface area (Å²) in [5, 5.41) is 15.6. The molecule has 0 fully saturated rings. The van der Waals surface area contributed by atoms with Crippen LogP contribution in [-0.2, 0) is 6.61 Å². The number of allylic oxidation sites excluding steroid dienone is 4. The number of hydrogen-bond donors (Lipinski definition) is 2. The molecule has 0 aromatic carbocycles. The minimum Gasteiger partial charge on any atom is -0.390 e. The maximum Gasteiger partial charge on any atom is 0.0881 e. The molecule has 3 heteroatoms. The molecule has 13 heavy (non-hydrogen) atoms. The van der Waals surface area contributed by atoms with Crippen LogP contribution in [0, 0.1) is 0 Å². The molecule has 0 saturated carbocycles. The van der Waals surface area contributed by atoms with Crippen LogP contribution in [0.25, 0.3) is 5.57 Å². The van der Waals surface area contributed by atoms with E-state index in [1.165, 1.54) is 0 Å². The van der Waals surface area contributed by atoms with Gasteiger partial charge in [0.2, 0.25) is 0 Å². The van der Waals surface area contributed by atoms with Crippen LogP contribution < -0.4 is 0 Å². The molecule has 0 bridgehead atoms. The van der Waals surface area contributed by atoms with Crippen molar-refractivity contribution in [2.75, 3.05) is 0 Å². The Morgan fingerprint density at radius 3 is 3.00 bits per heavy atom. The van der Waals surface area contributed by atoms with Crippen LogP contribution in [0.15, 0.2) is 24.3 Å². The third-order valence-corrected chi connectivity index (χ3v) is 1.74. The minimum atomic E-state index is 0.00387. The van der Waals surface area contributed by atoms with Gasteiger partial charge in [0.1, 0.15) is 0 Å². The van der Waals surface area contributed by atoms with Crippen LogP contribution in [-0.4, -0.2) is 15.3 Å². The Bertz CT molecular complexity index is 323. The molecule has 0 unspecified atom stereocenters. The average Bonchev–Trinajstić information content (AvgIpc) is 2.62. The molecule has 1 aromatic heterocycles. The zero-order chi connectivity index (χ0) is 9.68. The van der Waals surface area contributed by atoms with Crippen molar-refractivity contribution in [3.05, 3.63) is 35.7 Å². The highest BCUT2D eigenvalue weighted by Gasteiger charge is 2.00. The van der Waals surface area contributed by atoms with E-state index in [-0.39, 0.29) is 6.61 Å². The zero-order valence-corrected chi connectivity index (χ0v) is 7.91. The summed E-state index contributed by atoms with van der Waals surface area (Å²) in [6.45, 7) is 3.95. The van der Waals surface area contributed by atoms with Crippen molar-refractivity contribution in [1.29, 1.82) is 0 Å². The number of aliphatic hydroxyl groups excluding tert-OH is 1. The maximum absolute atomic E-state index is 8.80. The Morgan fingerprint density at radius 1 is 1.69 bits per heavy atom. The molecule has 1 aromatic rings. The van der Waals surface area contributed by atoms with Gasteiger partial charge in [-0.25, -0.2) is 0 Å². The average molecular weight is 178 g/mol. The van der Waals surface area contributed by atoms with E-state index in [0.29, 0.717) is 0 Å². The second kappa shape index (κ2) is 4.62. The van der Waals surface area contributed by atoms with Crippen LogP contribution in [0.5, 0.6) is 0 Å². The molecule has 0 radical (unpaired) electrons. The Balaban J connectivity index is 2.82. The number of nitrogens with zero attached hydrogens (tertiary/aromatic N) is 1. The lowest BCUT2D eigenvalue weighted by atomic mass is 10.2. The fraction of sp³-hybridized carbons (Fsp3) is 0.300. The van der Waals surface area contributed by atoms with Crippen LogP contribution in [0.1, 0.15) is 25.2 Å². The summed E-state index contributed by atoms with van der Waals surface area (Å²) in [6.07, 6.45) is 5.91. The summed E-state index contributed by atoms with van der Waals surface area (Å²) in [5.74, 6) is 0. The number of aromatic amines is 1. The van der Waals surface area contributed by atoms with Crippen molar-refractivity contribution in [3.8, 4) is 0 Å². The molecule has 2 N–H and O–H groups in total. The van der Waals surface area contributed by atoms with E-state index >= 15 is 0 Å². The molecule has 0 aliphatic carbocycles. The zero-order valence-electron chi connectivity index (χ0n) is 7.91. The van der Waals surface area contributed by atoms with E-state index in [1.54, 1.807) is 0 Å². The summed E-state index contributed by atoms with van der Waals surface area (Å²) >= 11 is 0. The number of aliphatic hydroxyl groups is 1. The molecule has 0 aliphatic rings. The first-order valence-corrected chi connectivity index (χ1v) is 4.23. The topological polar surface area (TPSA) is 48.9 Å². The van der Waals surface area contributed by atoms with Crippen molar-refractivity contribution in [2.45, 2.75) is 20.5 Å². The van der Waals surface area contributed by atoms with Gasteiger partial charge in [-0.1, -0.05) is 18.2 Å². The Labute approximate surface area is 77.8 Å². The van der Waals surface area contributed by atoms with Gasteiger partial charge in [-0.15, -0.1) is 0 Å². The first-order chi connectivity index (χ1) is 6.27. The standard InChI is InChI=1S/C10H14N2O/c1-3-4-5-8(2)10-6-9(7-13)11-12-10/h3-6,13H,7H2,1-2H3,(H,11,12). The van der Waals surface area contributed by atoms with E-state index < -0.39 is 0 Å². The van der Waals surface area contributed by atoms with Crippen molar-refractivity contribution in [2.24, 2.45) is 0 Å². The SMILES string of the molecule is CC=CC=C(C)c1cc(CO)[nH]n1. The van der Waals surface area contributed by atoms with Gasteiger partial charge in [0.25, 0.3) is 0 Å². The molecule has 0 aliphatic heterocycles. The van der Waals surface area contributed by atoms with Gasteiger partial charge in [0.15, 0.2) is 0 Å². The van der Waals surface area contributed by atoms with E-state index in [9.17, 15) is 0 Å². The Hall–Kier alpha value is -1.35. The van der Waals surface area contributed by atoms with Crippen molar-refractivity contribution in [3.63, 3.8) is 0 Å². The van der Waals surface area contributed by atoms with E-state index in [1.807, 2.05) is 38.1 Å². The summed E-state index contributed by atoms with van der Waals surface area (Å²) in [6, 6.07) is 1.84. The molecule has 0 spiro atoms. The Kier molecular flexibility index (Phi) is 3.46. The lowest BCUT2D eigenvalue weighted by molar-refractivity contribution is 0.276. The van der Waals surface area contributed by atoms with Crippen LogP contribution in [0.3, 0.4) is 0 Å². The van der Waals surface area contributed by atoms with Gasteiger partial charge >= 0.3 is 0 Å². The molecule has 1 heterocycles. The number of hydrogen-bond acceptors (Lipinski definition) is 2. The fourth-order valence-electron chi connectivity index (χ4n) is 0.971. The fourth-order valence-corrected chi connectivity index (χ4v) is 0.971. The predicted octanol–water partition coefficient (Wildman–Crippen LogP) is 1.88. The summed E-state index contributed by atoms with van der Waals surface area (Å²) in [5.41, 5.74) is 2.69. The molecule has 0 amide bonds. The summed E-state index contributed by atoms with van der Waals surface area (Å²) < 4.78 is 0. The van der Waals surface area contributed by atoms with E-state index in [4.69, 9.17) is 5.11 Å². The first kappa shape index (κ1) is 9.74. The van der Waals surface area contributed by atoms with Gasteiger partial charge in [-0.05, 0) is 25.5 Å². The van der Waals surface area contributed by atoms with Crippen molar-refractivity contribution < 1.29 is 5.11 Å². The highest BCUT2D eigenvalue weighted by molar-refractivity contribution is 5.62. The quantitative estimate of drug-likeness (QED) is 0.694. The second-order valence-electron chi connectivity index (χ2n) is 2.81. The lowest BCUT2D eigenvalue weighted by Gasteiger charge is -1.90. The maximum atomic E-state index is 8.80. The van der Waals surface area contributed by atoms with Gasteiger partial charge in [0.05, 0.1) is 18.0 Å². The number of H-pyrrole nitrogens is 1. The largest absolute Gasteiger partial charge is 0.390 e. The van der Waals surface area contributed by atoms with Crippen LogP contribution in [0.2, 0.25) is 0 Å². The lowest BCUT2D eigenvalue weighted by Crippen LogP contribution is -1.79. The van der Waals surface area contributed by atoms with Crippen LogP contribution >= 0.6 is 0 Å². The smallest absolute Gasteiger partial charge is 0.0881 e.